The molecule has 0 saturated heterocycles. The number of rotatable bonds is 4. The fraction of sp³-hybridized carbons (Fsp3) is 0. The van der Waals surface area contributed by atoms with Crippen LogP contribution in [0.4, 0.5) is 10.1 Å². The summed E-state index contributed by atoms with van der Waals surface area (Å²) in [5.41, 5.74) is 4.48. The Balaban J connectivity index is 1.46. The van der Waals surface area contributed by atoms with E-state index in [1.807, 2.05) is 29.6 Å². The SMILES string of the molecule is O=C(Nc1ccccc1-c1csc(-c2ccccc2F)n1)c1ccc2nsnc2c1. The quantitative estimate of drug-likeness (QED) is 0.385. The van der Waals surface area contributed by atoms with Crippen molar-refractivity contribution in [3.8, 4) is 21.8 Å². The number of carbonyl (C=O) groups is 1. The fourth-order valence-corrected chi connectivity index (χ4v) is 4.45. The van der Waals surface area contributed by atoms with Gasteiger partial charge in [0.1, 0.15) is 21.9 Å². The number of fused-ring (bicyclic) bond motifs is 1. The lowest BCUT2D eigenvalue weighted by atomic mass is 10.1. The molecule has 5 nitrogen and oxygen atoms in total. The van der Waals surface area contributed by atoms with Gasteiger partial charge in [-0.2, -0.15) is 8.75 Å². The van der Waals surface area contributed by atoms with Gasteiger partial charge in [-0.3, -0.25) is 4.79 Å². The van der Waals surface area contributed by atoms with Gasteiger partial charge in [-0.05, 0) is 36.4 Å². The summed E-state index contributed by atoms with van der Waals surface area (Å²) in [5.74, 6) is -0.561. The van der Waals surface area contributed by atoms with E-state index in [2.05, 4.69) is 19.0 Å². The Morgan fingerprint density at radius 3 is 2.53 bits per heavy atom. The molecular formula is C22H13FN4OS2. The maximum atomic E-state index is 14.1. The van der Waals surface area contributed by atoms with Crippen LogP contribution in [0.5, 0.6) is 0 Å². The molecule has 5 rings (SSSR count). The third-order valence-electron chi connectivity index (χ3n) is 4.58. The Kier molecular flexibility index (Phi) is 4.78. The highest BCUT2D eigenvalue weighted by Gasteiger charge is 2.15. The van der Waals surface area contributed by atoms with Crippen LogP contribution in [-0.4, -0.2) is 19.6 Å². The van der Waals surface area contributed by atoms with Crippen molar-refractivity contribution < 1.29 is 9.18 Å². The van der Waals surface area contributed by atoms with Crippen molar-refractivity contribution in [3.63, 3.8) is 0 Å². The molecule has 3 aromatic carbocycles. The molecule has 0 aliphatic carbocycles. The lowest BCUT2D eigenvalue weighted by molar-refractivity contribution is 0.102. The minimum Gasteiger partial charge on any atom is -0.321 e. The molecular weight excluding hydrogens is 419 g/mol. The Labute approximate surface area is 179 Å². The smallest absolute Gasteiger partial charge is 0.255 e. The van der Waals surface area contributed by atoms with E-state index < -0.39 is 0 Å². The van der Waals surface area contributed by atoms with E-state index in [1.54, 1.807) is 36.4 Å². The number of thiazole rings is 1. The van der Waals surface area contributed by atoms with Gasteiger partial charge >= 0.3 is 0 Å². The zero-order valence-electron chi connectivity index (χ0n) is 15.4. The number of halogens is 1. The average molecular weight is 433 g/mol. The first-order valence-electron chi connectivity index (χ1n) is 9.02. The molecule has 5 aromatic rings. The van der Waals surface area contributed by atoms with E-state index in [9.17, 15) is 9.18 Å². The Morgan fingerprint density at radius 2 is 1.67 bits per heavy atom. The normalized spacial score (nSPS) is 11.0. The number of aromatic nitrogens is 3. The molecule has 1 amide bonds. The predicted molar refractivity (Wildman–Crippen MR) is 118 cm³/mol. The van der Waals surface area contributed by atoms with Crippen molar-refractivity contribution in [2.75, 3.05) is 5.32 Å². The lowest BCUT2D eigenvalue weighted by Gasteiger charge is -2.09. The van der Waals surface area contributed by atoms with Gasteiger partial charge in [-0.1, -0.05) is 30.3 Å². The van der Waals surface area contributed by atoms with Crippen molar-refractivity contribution in [3.05, 3.63) is 83.5 Å². The number of hydrogen-bond acceptors (Lipinski definition) is 6. The molecule has 2 aromatic heterocycles. The van der Waals surface area contributed by atoms with Gasteiger partial charge in [0.25, 0.3) is 5.91 Å². The maximum Gasteiger partial charge on any atom is 0.255 e. The van der Waals surface area contributed by atoms with Crippen LogP contribution in [0.2, 0.25) is 0 Å². The number of anilines is 1. The zero-order chi connectivity index (χ0) is 20.5. The number of para-hydroxylation sites is 1. The molecule has 146 valence electrons. The number of amides is 1. The molecule has 0 fully saturated rings. The van der Waals surface area contributed by atoms with Crippen LogP contribution in [-0.2, 0) is 0 Å². The lowest BCUT2D eigenvalue weighted by Crippen LogP contribution is -2.12. The third kappa shape index (κ3) is 3.47. The largest absolute Gasteiger partial charge is 0.321 e. The van der Waals surface area contributed by atoms with E-state index in [0.717, 1.165) is 22.8 Å². The van der Waals surface area contributed by atoms with E-state index in [1.165, 1.54) is 17.4 Å². The van der Waals surface area contributed by atoms with Crippen molar-refractivity contribution >= 4 is 45.7 Å². The summed E-state index contributed by atoms with van der Waals surface area (Å²) in [6, 6.07) is 19.2. The second-order valence-electron chi connectivity index (χ2n) is 6.49. The van der Waals surface area contributed by atoms with Gasteiger partial charge in [0, 0.05) is 22.1 Å². The highest BCUT2D eigenvalue weighted by molar-refractivity contribution is 7.13. The van der Waals surface area contributed by atoms with Gasteiger partial charge in [0.05, 0.1) is 23.1 Å². The molecule has 0 spiro atoms. The van der Waals surface area contributed by atoms with E-state index >= 15 is 0 Å². The number of nitrogens with zero attached hydrogens (tertiary/aromatic N) is 3. The van der Waals surface area contributed by atoms with E-state index in [-0.39, 0.29) is 11.7 Å². The highest BCUT2D eigenvalue weighted by Crippen LogP contribution is 2.33. The molecule has 0 unspecified atom stereocenters. The molecule has 0 aliphatic heterocycles. The monoisotopic (exact) mass is 432 g/mol. The maximum absolute atomic E-state index is 14.1. The molecule has 30 heavy (non-hydrogen) atoms. The van der Waals surface area contributed by atoms with Crippen LogP contribution in [0.25, 0.3) is 32.9 Å². The van der Waals surface area contributed by atoms with Crippen molar-refractivity contribution in [1.29, 1.82) is 0 Å². The van der Waals surface area contributed by atoms with Gasteiger partial charge in [-0.25, -0.2) is 9.37 Å². The fourth-order valence-electron chi connectivity index (χ4n) is 3.09. The zero-order valence-corrected chi connectivity index (χ0v) is 17.0. The molecule has 1 N–H and O–H groups in total. The van der Waals surface area contributed by atoms with Gasteiger partial charge in [0.15, 0.2) is 0 Å². The summed E-state index contributed by atoms with van der Waals surface area (Å²) in [4.78, 5) is 17.4. The minimum absolute atomic E-state index is 0.248. The van der Waals surface area contributed by atoms with Crippen LogP contribution >= 0.6 is 23.1 Å². The first kappa shape index (κ1) is 18.5. The number of hydrogen-bond donors (Lipinski definition) is 1. The predicted octanol–water partition coefficient (Wildman–Crippen LogP) is 5.87. The van der Waals surface area contributed by atoms with E-state index in [4.69, 9.17) is 0 Å². The second kappa shape index (κ2) is 7.74. The summed E-state index contributed by atoms with van der Waals surface area (Å²) in [5, 5.41) is 5.40. The molecule has 0 bridgehead atoms. The molecule has 2 heterocycles. The standard InChI is InChI=1S/C22H13FN4OS2/c23-16-7-3-1-5-14(16)22-25-20(12-29-22)15-6-2-4-8-17(15)24-21(28)13-9-10-18-19(11-13)27-30-26-18/h1-12H,(H,24,28). The van der Waals surface area contributed by atoms with Crippen LogP contribution < -0.4 is 5.32 Å². The summed E-state index contributed by atoms with van der Waals surface area (Å²) in [7, 11) is 0. The highest BCUT2D eigenvalue weighted by atomic mass is 32.1. The topological polar surface area (TPSA) is 67.8 Å². The summed E-state index contributed by atoms with van der Waals surface area (Å²) in [6.45, 7) is 0. The van der Waals surface area contributed by atoms with Gasteiger partial charge in [0.2, 0.25) is 0 Å². The third-order valence-corrected chi connectivity index (χ3v) is 6.01. The van der Waals surface area contributed by atoms with Crippen LogP contribution in [0, 0.1) is 5.82 Å². The Morgan fingerprint density at radius 1 is 0.900 bits per heavy atom. The van der Waals surface area contributed by atoms with Crippen molar-refractivity contribution in [1.82, 2.24) is 13.7 Å². The minimum atomic E-state index is -0.313. The average Bonchev–Trinajstić information content (AvgIpc) is 3.43. The van der Waals surface area contributed by atoms with Crippen molar-refractivity contribution in [2.45, 2.75) is 0 Å². The second-order valence-corrected chi connectivity index (χ2v) is 7.87. The van der Waals surface area contributed by atoms with Crippen LogP contribution in [0.3, 0.4) is 0 Å². The van der Waals surface area contributed by atoms with Crippen LogP contribution in [0.15, 0.2) is 72.1 Å². The summed E-state index contributed by atoms with van der Waals surface area (Å²) < 4.78 is 22.5. The first-order valence-corrected chi connectivity index (χ1v) is 10.6. The first-order chi connectivity index (χ1) is 14.7. The molecule has 0 saturated carbocycles. The number of carbonyl (C=O) groups excluding carboxylic acids is 1. The molecule has 0 aliphatic rings. The van der Waals surface area contributed by atoms with Gasteiger partial charge < -0.3 is 5.32 Å². The molecule has 0 atom stereocenters. The molecule has 8 heteroatoms. The molecule has 0 radical (unpaired) electrons. The van der Waals surface area contributed by atoms with Crippen molar-refractivity contribution in [2.24, 2.45) is 0 Å². The van der Waals surface area contributed by atoms with Crippen LogP contribution in [0.1, 0.15) is 10.4 Å². The number of nitrogens with one attached hydrogen (secondary N) is 1. The van der Waals surface area contributed by atoms with Gasteiger partial charge in [-0.15, -0.1) is 11.3 Å². The summed E-state index contributed by atoms with van der Waals surface area (Å²) in [6.07, 6.45) is 0. The Bertz CT molecular complexity index is 1380. The Hall–Kier alpha value is -3.49. The summed E-state index contributed by atoms with van der Waals surface area (Å²) >= 11 is 2.47. The number of benzene rings is 3. The van der Waals surface area contributed by atoms with E-state index in [0.29, 0.717) is 33.0 Å².